The largest absolute Gasteiger partial charge is 0.326 e. The van der Waals surface area contributed by atoms with Crippen LogP contribution in [0.1, 0.15) is 5.56 Å². The van der Waals surface area contributed by atoms with E-state index in [1.54, 1.807) is 6.08 Å². The van der Waals surface area contributed by atoms with Gasteiger partial charge in [0, 0.05) is 16.5 Å². The number of rotatable bonds is 2. The minimum absolute atomic E-state index is 0.249. The van der Waals surface area contributed by atoms with Gasteiger partial charge < -0.3 is 9.88 Å². The summed E-state index contributed by atoms with van der Waals surface area (Å²) in [4.78, 5) is 23.1. The molecule has 1 aliphatic heterocycles. The number of hydrogen-bond acceptors (Lipinski definition) is 2. The fourth-order valence-electron chi connectivity index (χ4n) is 3.60. The number of urea groups is 1. The third kappa shape index (κ3) is 2.48. The van der Waals surface area contributed by atoms with E-state index < -0.39 is 11.9 Å². The number of hydrogen-bond donors (Lipinski definition) is 2. The van der Waals surface area contributed by atoms with Crippen molar-refractivity contribution in [3.63, 3.8) is 0 Å². The lowest BCUT2D eigenvalue weighted by molar-refractivity contribution is -0.115. The van der Waals surface area contributed by atoms with Crippen LogP contribution in [0.2, 0.25) is 0 Å². The molecule has 0 radical (unpaired) electrons. The average Bonchev–Trinajstić information content (AvgIpc) is 3.18. The standard InChI is InChI=1S/C22H15N3O2/c26-21-18(23-22(27)24-21)13-14-6-5-7-15(12-14)25-19-10-3-1-8-16(19)17-9-2-4-11-20(17)25/h1-13H,(H2,23,24,26,27)/b18-13-. The minimum Gasteiger partial charge on any atom is -0.309 e. The first kappa shape index (κ1) is 15.4. The van der Waals surface area contributed by atoms with Crippen molar-refractivity contribution in [1.82, 2.24) is 15.2 Å². The number of carbonyl (C=O) groups excluding carboxylic acids is 2. The van der Waals surface area contributed by atoms with Crippen molar-refractivity contribution in [2.75, 3.05) is 0 Å². The highest BCUT2D eigenvalue weighted by Crippen LogP contribution is 2.32. The van der Waals surface area contributed by atoms with E-state index in [-0.39, 0.29) is 5.70 Å². The molecule has 1 fully saturated rings. The van der Waals surface area contributed by atoms with Crippen molar-refractivity contribution in [2.24, 2.45) is 0 Å². The van der Waals surface area contributed by atoms with Gasteiger partial charge in [-0.25, -0.2) is 4.79 Å². The fourth-order valence-corrected chi connectivity index (χ4v) is 3.60. The first-order valence-electron chi connectivity index (χ1n) is 8.63. The van der Waals surface area contributed by atoms with Gasteiger partial charge in [0.05, 0.1) is 11.0 Å². The highest BCUT2D eigenvalue weighted by atomic mass is 16.2. The van der Waals surface area contributed by atoms with Gasteiger partial charge in [-0.3, -0.25) is 10.1 Å². The number of nitrogens with zero attached hydrogens (tertiary/aromatic N) is 1. The third-order valence-electron chi connectivity index (χ3n) is 4.74. The molecule has 0 atom stereocenters. The molecule has 130 valence electrons. The molecule has 3 aromatic carbocycles. The van der Waals surface area contributed by atoms with E-state index in [0.717, 1.165) is 22.3 Å². The molecule has 0 spiro atoms. The summed E-state index contributed by atoms with van der Waals surface area (Å²) in [6, 6.07) is 24.0. The van der Waals surface area contributed by atoms with Crippen LogP contribution in [0.15, 0.2) is 78.5 Å². The zero-order valence-electron chi connectivity index (χ0n) is 14.3. The highest BCUT2D eigenvalue weighted by molar-refractivity contribution is 6.14. The molecule has 2 N–H and O–H groups in total. The van der Waals surface area contributed by atoms with E-state index >= 15 is 0 Å². The molecule has 1 aromatic heterocycles. The number of imide groups is 1. The summed E-state index contributed by atoms with van der Waals surface area (Å²) in [5.74, 6) is -0.415. The van der Waals surface area contributed by atoms with Crippen molar-refractivity contribution >= 4 is 39.8 Å². The first-order valence-corrected chi connectivity index (χ1v) is 8.63. The molecule has 1 saturated heterocycles. The maximum absolute atomic E-state index is 11.8. The second-order valence-corrected chi connectivity index (χ2v) is 6.43. The van der Waals surface area contributed by atoms with E-state index in [4.69, 9.17) is 0 Å². The van der Waals surface area contributed by atoms with Crippen LogP contribution in [0, 0.1) is 0 Å². The van der Waals surface area contributed by atoms with Gasteiger partial charge in [0.15, 0.2) is 0 Å². The Morgan fingerprint density at radius 1 is 0.741 bits per heavy atom. The van der Waals surface area contributed by atoms with Crippen LogP contribution in [-0.2, 0) is 4.79 Å². The van der Waals surface area contributed by atoms with Gasteiger partial charge in [-0.1, -0.05) is 48.5 Å². The number of amides is 3. The molecule has 2 heterocycles. The second-order valence-electron chi connectivity index (χ2n) is 6.43. The summed E-state index contributed by atoms with van der Waals surface area (Å²) >= 11 is 0. The monoisotopic (exact) mass is 353 g/mol. The van der Waals surface area contributed by atoms with Crippen LogP contribution in [0.3, 0.4) is 0 Å². The first-order chi connectivity index (χ1) is 13.2. The third-order valence-corrected chi connectivity index (χ3v) is 4.74. The van der Waals surface area contributed by atoms with Crippen LogP contribution in [0.5, 0.6) is 0 Å². The molecule has 1 aliphatic rings. The molecule has 5 rings (SSSR count). The van der Waals surface area contributed by atoms with Crippen molar-refractivity contribution in [1.29, 1.82) is 0 Å². The molecule has 4 aromatic rings. The van der Waals surface area contributed by atoms with Gasteiger partial charge in [0.1, 0.15) is 5.70 Å². The van der Waals surface area contributed by atoms with Gasteiger partial charge in [-0.2, -0.15) is 0 Å². The van der Waals surface area contributed by atoms with E-state index in [0.29, 0.717) is 0 Å². The van der Waals surface area contributed by atoms with Crippen LogP contribution in [0.4, 0.5) is 4.79 Å². The average molecular weight is 353 g/mol. The number of aromatic nitrogens is 1. The maximum atomic E-state index is 11.8. The Morgan fingerprint density at radius 2 is 1.41 bits per heavy atom. The van der Waals surface area contributed by atoms with Crippen molar-refractivity contribution in [2.45, 2.75) is 0 Å². The van der Waals surface area contributed by atoms with Gasteiger partial charge in [0.2, 0.25) is 0 Å². The Hall–Kier alpha value is -3.86. The molecule has 0 saturated carbocycles. The van der Waals surface area contributed by atoms with Gasteiger partial charge in [-0.05, 0) is 35.9 Å². The Bertz CT molecular complexity index is 1210. The number of carbonyl (C=O) groups is 2. The SMILES string of the molecule is O=C1NC(=O)/C(=C/c2cccc(-n3c4ccccc4c4ccccc43)c2)N1. The molecule has 27 heavy (non-hydrogen) atoms. The van der Waals surface area contributed by atoms with E-state index in [9.17, 15) is 9.59 Å². The normalized spacial score (nSPS) is 15.5. The number of para-hydroxylation sites is 2. The summed E-state index contributed by atoms with van der Waals surface area (Å²) in [5, 5.41) is 7.12. The van der Waals surface area contributed by atoms with Crippen LogP contribution in [-0.4, -0.2) is 16.5 Å². The van der Waals surface area contributed by atoms with Gasteiger partial charge in [0.25, 0.3) is 5.91 Å². The van der Waals surface area contributed by atoms with Crippen LogP contribution < -0.4 is 10.6 Å². The van der Waals surface area contributed by atoms with Crippen LogP contribution >= 0.6 is 0 Å². The van der Waals surface area contributed by atoms with Crippen molar-refractivity contribution < 1.29 is 9.59 Å². The Balaban J connectivity index is 1.71. The zero-order chi connectivity index (χ0) is 18.4. The topological polar surface area (TPSA) is 63.1 Å². The highest BCUT2D eigenvalue weighted by Gasteiger charge is 2.22. The summed E-state index contributed by atoms with van der Waals surface area (Å²) in [6.07, 6.45) is 1.68. The molecule has 5 heteroatoms. The lowest BCUT2D eigenvalue weighted by Crippen LogP contribution is -2.22. The summed E-state index contributed by atoms with van der Waals surface area (Å²) in [7, 11) is 0. The predicted molar refractivity (Wildman–Crippen MR) is 105 cm³/mol. The van der Waals surface area contributed by atoms with E-state index in [1.807, 2.05) is 48.5 Å². The predicted octanol–water partition coefficient (Wildman–Crippen LogP) is 3.96. The van der Waals surface area contributed by atoms with Crippen LogP contribution in [0.25, 0.3) is 33.6 Å². The van der Waals surface area contributed by atoms with Crippen molar-refractivity contribution in [3.8, 4) is 5.69 Å². The lowest BCUT2D eigenvalue weighted by atomic mass is 10.1. The molecule has 0 unspecified atom stereocenters. The minimum atomic E-state index is -0.496. The maximum Gasteiger partial charge on any atom is 0.326 e. The molecule has 0 bridgehead atoms. The second kappa shape index (κ2) is 5.85. The molecule has 5 nitrogen and oxygen atoms in total. The summed E-state index contributed by atoms with van der Waals surface area (Å²) < 4.78 is 2.21. The summed E-state index contributed by atoms with van der Waals surface area (Å²) in [5.41, 5.74) is 4.32. The molecule has 3 amide bonds. The Morgan fingerprint density at radius 3 is 2.04 bits per heavy atom. The van der Waals surface area contributed by atoms with E-state index in [1.165, 1.54) is 10.8 Å². The molecule has 0 aliphatic carbocycles. The smallest absolute Gasteiger partial charge is 0.309 e. The van der Waals surface area contributed by atoms with Gasteiger partial charge >= 0.3 is 6.03 Å². The Kier molecular flexibility index (Phi) is 3.33. The Labute approximate surface area is 154 Å². The zero-order valence-corrected chi connectivity index (χ0v) is 14.3. The number of benzene rings is 3. The summed E-state index contributed by atoms with van der Waals surface area (Å²) in [6.45, 7) is 0. The lowest BCUT2D eigenvalue weighted by Gasteiger charge is -2.09. The van der Waals surface area contributed by atoms with Crippen molar-refractivity contribution in [3.05, 3.63) is 84.1 Å². The van der Waals surface area contributed by atoms with Gasteiger partial charge in [-0.15, -0.1) is 0 Å². The quantitative estimate of drug-likeness (QED) is 0.423. The number of nitrogens with one attached hydrogen (secondary N) is 2. The molecular formula is C22H15N3O2. The van der Waals surface area contributed by atoms with E-state index in [2.05, 4.69) is 39.5 Å². The fraction of sp³-hybridized carbons (Fsp3) is 0. The number of fused-ring (bicyclic) bond motifs is 3. The molecular weight excluding hydrogens is 338 g/mol.